The lowest BCUT2D eigenvalue weighted by Gasteiger charge is -2.16. The van der Waals surface area contributed by atoms with Crippen LogP contribution in [0.5, 0.6) is 5.75 Å². The standard InChI is InChI=1S/C13H21NO2/c1-9-5-11(3)13(6-10(9)2)16-8-12(7-15)14-4/h5-6,12,14-15H,7-8H2,1-4H3. The van der Waals surface area contributed by atoms with Gasteiger partial charge in [-0.1, -0.05) is 6.07 Å². The van der Waals surface area contributed by atoms with E-state index in [0.717, 1.165) is 11.3 Å². The van der Waals surface area contributed by atoms with Gasteiger partial charge in [-0.05, 0) is 50.6 Å². The number of hydrogen-bond acceptors (Lipinski definition) is 3. The van der Waals surface area contributed by atoms with Gasteiger partial charge in [-0.2, -0.15) is 0 Å². The zero-order valence-corrected chi connectivity index (χ0v) is 10.5. The molecule has 1 atom stereocenters. The van der Waals surface area contributed by atoms with Crippen molar-refractivity contribution < 1.29 is 9.84 Å². The second kappa shape index (κ2) is 5.87. The number of rotatable bonds is 5. The Kier molecular flexibility index (Phi) is 4.77. The van der Waals surface area contributed by atoms with Crippen LogP contribution in [0, 0.1) is 20.8 Å². The third-order valence-corrected chi connectivity index (χ3v) is 2.86. The highest BCUT2D eigenvalue weighted by Crippen LogP contribution is 2.22. The molecule has 0 aliphatic heterocycles. The van der Waals surface area contributed by atoms with Crippen LogP contribution in [0.25, 0.3) is 0 Å². The summed E-state index contributed by atoms with van der Waals surface area (Å²) in [5.41, 5.74) is 3.64. The van der Waals surface area contributed by atoms with Gasteiger partial charge in [0.2, 0.25) is 0 Å². The summed E-state index contributed by atoms with van der Waals surface area (Å²) in [6, 6.07) is 4.16. The largest absolute Gasteiger partial charge is 0.492 e. The quantitative estimate of drug-likeness (QED) is 0.796. The summed E-state index contributed by atoms with van der Waals surface area (Å²) in [5, 5.41) is 12.0. The van der Waals surface area contributed by atoms with Crippen molar-refractivity contribution in [2.45, 2.75) is 26.8 Å². The van der Waals surface area contributed by atoms with Gasteiger partial charge in [0.05, 0.1) is 12.6 Å². The lowest BCUT2D eigenvalue weighted by molar-refractivity contribution is 0.188. The smallest absolute Gasteiger partial charge is 0.122 e. The summed E-state index contributed by atoms with van der Waals surface area (Å²) in [6.45, 7) is 6.77. The fourth-order valence-corrected chi connectivity index (χ4v) is 1.51. The van der Waals surface area contributed by atoms with Crippen molar-refractivity contribution in [1.29, 1.82) is 0 Å². The second-order valence-electron chi connectivity index (χ2n) is 4.18. The Morgan fingerprint density at radius 2 is 1.81 bits per heavy atom. The number of aryl methyl sites for hydroxylation is 3. The maximum atomic E-state index is 9.03. The van der Waals surface area contributed by atoms with Crippen molar-refractivity contribution in [3.8, 4) is 5.75 Å². The summed E-state index contributed by atoms with van der Waals surface area (Å²) in [5.74, 6) is 0.900. The first-order valence-corrected chi connectivity index (χ1v) is 5.57. The van der Waals surface area contributed by atoms with Gasteiger partial charge in [-0.25, -0.2) is 0 Å². The normalized spacial score (nSPS) is 12.6. The number of likely N-dealkylation sites (N-methyl/N-ethyl adjacent to an activating group) is 1. The van der Waals surface area contributed by atoms with E-state index in [1.165, 1.54) is 11.1 Å². The Labute approximate surface area is 97.4 Å². The molecule has 0 bridgehead atoms. The van der Waals surface area contributed by atoms with Crippen LogP contribution in [0.1, 0.15) is 16.7 Å². The molecule has 1 unspecified atom stereocenters. The van der Waals surface area contributed by atoms with Crippen molar-refractivity contribution in [2.24, 2.45) is 0 Å². The van der Waals surface area contributed by atoms with Crippen molar-refractivity contribution in [1.82, 2.24) is 5.32 Å². The van der Waals surface area contributed by atoms with Gasteiger partial charge < -0.3 is 15.2 Å². The fourth-order valence-electron chi connectivity index (χ4n) is 1.51. The van der Waals surface area contributed by atoms with Crippen LogP contribution in [0.15, 0.2) is 12.1 Å². The molecule has 90 valence electrons. The van der Waals surface area contributed by atoms with Crippen molar-refractivity contribution in [3.05, 3.63) is 28.8 Å². The maximum Gasteiger partial charge on any atom is 0.122 e. The lowest BCUT2D eigenvalue weighted by Crippen LogP contribution is -2.35. The topological polar surface area (TPSA) is 41.5 Å². The molecule has 1 aromatic rings. The first-order valence-electron chi connectivity index (χ1n) is 5.57. The van der Waals surface area contributed by atoms with Crippen LogP contribution in [0.3, 0.4) is 0 Å². The molecule has 0 aliphatic carbocycles. The molecule has 0 amide bonds. The SMILES string of the molecule is CNC(CO)COc1cc(C)c(C)cc1C. The summed E-state index contributed by atoms with van der Waals surface area (Å²) in [7, 11) is 1.82. The van der Waals surface area contributed by atoms with E-state index in [9.17, 15) is 0 Å². The predicted molar refractivity (Wildman–Crippen MR) is 66.1 cm³/mol. The van der Waals surface area contributed by atoms with Crippen LogP contribution in [0.4, 0.5) is 0 Å². The summed E-state index contributed by atoms with van der Waals surface area (Å²) >= 11 is 0. The first-order chi connectivity index (χ1) is 7.58. The van der Waals surface area contributed by atoms with Crippen LogP contribution in [0.2, 0.25) is 0 Å². The van der Waals surface area contributed by atoms with Crippen LogP contribution in [-0.2, 0) is 0 Å². The average molecular weight is 223 g/mol. The van der Waals surface area contributed by atoms with E-state index in [1.54, 1.807) is 0 Å². The van der Waals surface area contributed by atoms with Crippen LogP contribution in [-0.4, -0.2) is 31.4 Å². The Morgan fingerprint density at radius 3 is 2.38 bits per heavy atom. The third kappa shape index (κ3) is 3.22. The Hall–Kier alpha value is -1.06. The Bertz CT molecular complexity index is 346. The molecule has 0 radical (unpaired) electrons. The lowest BCUT2D eigenvalue weighted by atomic mass is 10.1. The zero-order chi connectivity index (χ0) is 12.1. The van der Waals surface area contributed by atoms with Gasteiger partial charge in [0, 0.05) is 0 Å². The van der Waals surface area contributed by atoms with Crippen LogP contribution >= 0.6 is 0 Å². The number of ether oxygens (including phenoxy) is 1. The Morgan fingerprint density at radius 1 is 1.19 bits per heavy atom. The van der Waals surface area contributed by atoms with E-state index in [0.29, 0.717) is 6.61 Å². The number of benzene rings is 1. The molecule has 16 heavy (non-hydrogen) atoms. The molecule has 0 fully saturated rings. The molecule has 0 aliphatic rings. The highest BCUT2D eigenvalue weighted by molar-refractivity contribution is 5.40. The molecule has 0 aromatic heterocycles. The second-order valence-corrected chi connectivity index (χ2v) is 4.18. The molecule has 0 saturated heterocycles. The van der Waals surface area contributed by atoms with Crippen molar-refractivity contribution in [3.63, 3.8) is 0 Å². The molecule has 2 N–H and O–H groups in total. The predicted octanol–water partition coefficient (Wildman–Crippen LogP) is 1.57. The minimum atomic E-state index is -0.0130. The van der Waals surface area contributed by atoms with E-state index in [-0.39, 0.29) is 12.6 Å². The fraction of sp³-hybridized carbons (Fsp3) is 0.538. The molecule has 1 rings (SSSR count). The molecule has 1 aromatic carbocycles. The van der Waals surface area contributed by atoms with Gasteiger partial charge in [0.25, 0.3) is 0 Å². The minimum absolute atomic E-state index is 0.0130. The monoisotopic (exact) mass is 223 g/mol. The van der Waals surface area contributed by atoms with Crippen molar-refractivity contribution >= 4 is 0 Å². The van der Waals surface area contributed by atoms with E-state index < -0.39 is 0 Å². The summed E-state index contributed by atoms with van der Waals surface area (Å²) in [4.78, 5) is 0. The van der Waals surface area contributed by atoms with Gasteiger partial charge in [-0.3, -0.25) is 0 Å². The molecule has 0 saturated carbocycles. The Balaban J connectivity index is 2.70. The average Bonchev–Trinajstić information content (AvgIpc) is 2.26. The molecular weight excluding hydrogens is 202 g/mol. The zero-order valence-electron chi connectivity index (χ0n) is 10.5. The first kappa shape index (κ1) is 13.0. The third-order valence-electron chi connectivity index (χ3n) is 2.86. The van der Waals surface area contributed by atoms with Gasteiger partial charge in [-0.15, -0.1) is 0 Å². The van der Waals surface area contributed by atoms with E-state index in [4.69, 9.17) is 9.84 Å². The number of hydrogen-bond donors (Lipinski definition) is 2. The molecule has 0 spiro atoms. The van der Waals surface area contributed by atoms with E-state index >= 15 is 0 Å². The summed E-state index contributed by atoms with van der Waals surface area (Å²) in [6.07, 6.45) is 0. The molecular formula is C13H21NO2. The van der Waals surface area contributed by atoms with Gasteiger partial charge >= 0.3 is 0 Å². The van der Waals surface area contributed by atoms with E-state index in [1.807, 2.05) is 14.0 Å². The molecule has 3 heteroatoms. The number of aliphatic hydroxyl groups is 1. The summed E-state index contributed by atoms with van der Waals surface area (Å²) < 4.78 is 5.69. The highest BCUT2D eigenvalue weighted by Gasteiger charge is 2.07. The minimum Gasteiger partial charge on any atom is -0.492 e. The molecule has 0 heterocycles. The number of nitrogens with one attached hydrogen (secondary N) is 1. The maximum absolute atomic E-state index is 9.03. The van der Waals surface area contributed by atoms with Crippen molar-refractivity contribution in [2.75, 3.05) is 20.3 Å². The number of aliphatic hydroxyl groups excluding tert-OH is 1. The van der Waals surface area contributed by atoms with Crippen LogP contribution < -0.4 is 10.1 Å². The molecule has 3 nitrogen and oxygen atoms in total. The van der Waals surface area contributed by atoms with Gasteiger partial charge in [0.1, 0.15) is 12.4 Å². The van der Waals surface area contributed by atoms with Gasteiger partial charge in [0.15, 0.2) is 0 Å². The highest BCUT2D eigenvalue weighted by atomic mass is 16.5. The van der Waals surface area contributed by atoms with E-state index in [2.05, 4.69) is 31.3 Å².